The van der Waals surface area contributed by atoms with Crippen molar-refractivity contribution in [1.29, 1.82) is 0 Å². The Morgan fingerprint density at radius 3 is 2.11 bits per heavy atom. The summed E-state index contributed by atoms with van der Waals surface area (Å²) in [6, 6.07) is 0.143. The summed E-state index contributed by atoms with van der Waals surface area (Å²) < 4.78 is 0. The summed E-state index contributed by atoms with van der Waals surface area (Å²) in [6.07, 6.45) is 11.3. The van der Waals surface area contributed by atoms with Crippen molar-refractivity contribution >= 4 is 23.6 Å². The van der Waals surface area contributed by atoms with E-state index in [4.69, 9.17) is 20.3 Å². The van der Waals surface area contributed by atoms with Crippen LogP contribution < -0.4 is 4.98 Å². The Hall–Kier alpha value is -2.63. The molecule has 37 heavy (non-hydrogen) atoms. The largest absolute Gasteiger partial charge is 3.00 e. The minimum atomic E-state index is 0. The maximum atomic E-state index is 5.25. The normalized spacial score (nSPS) is 21.0. The Morgan fingerprint density at radius 1 is 0.757 bits per heavy atom. The van der Waals surface area contributed by atoms with Gasteiger partial charge in [-0.05, 0) is 82.1 Å². The Morgan fingerprint density at radius 2 is 1.46 bits per heavy atom. The van der Waals surface area contributed by atoms with Gasteiger partial charge < -0.3 is 10.3 Å². The molecule has 1 unspecified atom stereocenters. The van der Waals surface area contributed by atoms with Crippen molar-refractivity contribution in [2.45, 2.75) is 93.5 Å². The first kappa shape index (κ1) is 27.4. The summed E-state index contributed by atoms with van der Waals surface area (Å²) in [5.41, 5.74) is 17.9. The van der Waals surface area contributed by atoms with Crippen LogP contribution >= 0.6 is 0 Å². The minimum Gasteiger partial charge on any atom is -0.678 e. The minimum absolute atomic E-state index is 0. The fourth-order valence-corrected chi connectivity index (χ4v) is 6.24. The second kappa shape index (κ2) is 10.6. The van der Waals surface area contributed by atoms with Crippen molar-refractivity contribution < 1.29 is 16.8 Å². The molecule has 0 aromatic carbocycles. The molecule has 0 amide bonds. The summed E-state index contributed by atoms with van der Waals surface area (Å²) in [6.45, 7) is 17.8. The molecule has 0 saturated carbocycles. The Balaban J connectivity index is 0.00000320. The zero-order valence-electron chi connectivity index (χ0n) is 23.5. The van der Waals surface area contributed by atoms with Gasteiger partial charge in [0.15, 0.2) is 0 Å². The average Bonchev–Trinajstić information content (AvgIpc) is 3.51. The van der Waals surface area contributed by atoms with Crippen LogP contribution in [0.3, 0.4) is 0 Å². The van der Waals surface area contributed by atoms with E-state index in [1.807, 2.05) is 0 Å². The number of rotatable bonds is 4. The van der Waals surface area contributed by atoms with Crippen LogP contribution in [0, 0.1) is 6.92 Å². The Bertz CT molecular complexity index is 1400. The Kier molecular flexibility index (Phi) is 7.87. The van der Waals surface area contributed by atoms with Gasteiger partial charge in [0.05, 0.1) is 17.1 Å². The molecule has 194 valence electrons. The number of allylic oxidation sites excluding steroid dienone is 6. The van der Waals surface area contributed by atoms with E-state index in [1.54, 1.807) is 0 Å². The van der Waals surface area contributed by atoms with E-state index in [0.29, 0.717) is 0 Å². The van der Waals surface area contributed by atoms with Gasteiger partial charge in [0.1, 0.15) is 0 Å². The summed E-state index contributed by atoms with van der Waals surface area (Å²) >= 11 is 0. The third-order valence-corrected chi connectivity index (χ3v) is 8.44. The molecule has 5 heteroatoms. The molecule has 0 N–H and O–H groups in total. The first-order chi connectivity index (χ1) is 17.3. The van der Waals surface area contributed by atoms with Crippen LogP contribution in [0.1, 0.15) is 96.7 Å². The van der Waals surface area contributed by atoms with Gasteiger partial charge in [-0.1, -0.05) is 74.2 Å². The molecule has 1 atom stereocenters. The fraction of sp³-hybridized carbons (Fsp3) is 0.438. The quantitative estimate of drug-likeness (QED) is 0.381. The zero-order chi connectivity index (χ0) is 25.7. The van der Waals surface area contributed by atoms with Crippen LogP contribution in [0.15, 0.2) is 66.6 Å². The molecule has 0 spiro atoms. The number of hydrogen-bond donors (Lipinski definition) is 0. The van der Waals surface area contributed by atoms with Crippen LogP contribution in [0.2, 0.25) is 0 Å². The van der Waals surface area contributed by atoms with E-state index in [-0.39, 0.29) is 22.8 Å². The fourth-order valence-electron chi connectivity index (χ4n) is 6.24. The number of hydrogen-bond acceptors (Lipinski definition) is 2. The molecule has 8 bridgehead atoms. The first-order valence-electron chi connectivity index (χ1n) is 13.6. The monoisotopic (exact) mass is 537 g/mol. The van der Waals surface area contributed by atoms with Gasteiger partial charge in [-0.3, -0.25) is 4.99 Å². The molecular formula is C32H38CoN4+. The second-order valence-corrected chi connectivity index (χ2v) is 10.3. The van der Waals surface area contributed by atoms with Gasteiger partial charge in [-0.2, -0.15) is 0 Å². The van der Waals surface area contributed by atoms with Gasteiger partial charge in [0, 0.05) is 5.71 Å². The van der Waals surface area contributed by atoms with Crippen LogP contribution in [0.5, 0.6) is 0 Å². The van der Waals surface area contributed by atoms with Gasteiger partial charge in [0.25, 0.3) is 0 Å². The molecule has 4 aliphatic heterocycles. The van der Waals surface area contributed by atoms with E-state index in [1.165, 1.54) is 50.3 Å². The van der Waals surface area contributed by atoms with Gasteiger partial charge in [-0.15, -0.1) is 17.1 Å². The van der Waals surface area contributed by atoms with Gasteiger partial charge >= 0.3 is 16.8 Å². The SMILES string of the molecule is CCC1=C(C)C2=NC1=Cc1[n-]c(c(CC)c1C)C=C1N=C(C=C3[N-]C(C2)C(CC)=C3C)C(CC)=C1C.[Co+3]. The van der Waals surface area contributed by atoms with Crippen LogP contribution in [-0.4, -0.2) is 17.5 Å². The first-order valence-corrected chi connectivity index (χ1v) is 13.6. The van der Waals surface area contributed by atoms with Crippen molar-refractivity contribution in [2.75, 3.05) is 0 Å². The van der Waals surface area contributed by atoms with E-state index < -0.39 is 0 Å². The maximum Gasteiger partial charge on any atom is 3.00 e. The summed E-state index contributed by atoms with van der Waals surface area (Å²) in [5.74, 6) is 0. The molecule has 0 radical (unpaired) electrons. The summed E-state index contributed by atoms with van der Waals surface area (Å²) in [4.78, 5) is 15.4. The molecule has 0 saturated heterocycles. The number of aromatic nitrogens is 1. The van der Waals surface area contributed by atoms with Gasteiger partial charge in [0.2, 0.25) is 0 Å². The van der Waals surface area contributed by atoms with E-state index in [9.17, 15) is 0 Å². The van der Waals surface area contributed by atoms with Crippen molar-refractivity contribution in [3.63, 3.8) is 0 Å². The standard InChI is InChI=1S/C32H38N4.Co/c1-9-21-17(5)25-14-30-23(11-3)19(7)27(35-30)16-32-24(12-4)20(8)28(36-32)15-31-22(10-2)18(6)26(34-31)13-29(21)33-25;/h13-15,32H,9-12,16H2,1-8H3;/q-2;+3. The Labute approximate surface area is 232 Å². The van der Waals surface area contributed by atoms with Crippen LogP contribution in [0.25, 0.3) is 17.5 Å². The van der Waals surface area contributed by atoms with E-state index in [2.05, 4.69) is 73.6 Å². The number of aliphatic imine (C=N–C) groups is 2. The summed E-state index contributed by atoms with van der Waals surface area (Å²) in [7, 11) is 0. The second-order valence-electron chi connectivity index (χ2n) is 10.3. The molecule has 5 heterocycles. The van der Waals surface area contributed by atoms with Crippen LogP contribution in [0.4, 0.5) is 0 Å². The van der Waals surface area contributed by atoms with Crippen molar-refractivity contribution in [2.24, 2.45) is 9.98 Å². The molecule has 0 fully saturated rings. The van der Waals surface area contributed by atoms with E-state index >= 15 is 0 Å². The van der Waals surface area contributed by atoms with Crippen LogP contribution in [-0.2, 0) is 23.2 Å². The molecule has 4 aliphatic rings. The third-order valence-electron chi connectivity index (χ3n) is 8.44. The predicted molar refractivity (Wildman–Crippen MR) is 154 cm³/mol. The molecule has 5 rings (SSSR count). The summed E-state index contributed by atoms with van der Waals surface area (Å²) in [5, 5.41) is 5.25. The molecular weight excluding hydrogens is 499 g/mol. The zero-order valence-corrected chi connectivity index (χ0v) is 24.5. The predicted octanol–water partition coefficient (Wildman–Crippen LogP) is 8.33. The van der Waals surface area contributed by atoms with Gasteiger partial charge in [-0.25, -0.2) is 4.99 Å². The molecule has 1 aromatic rings. The smallest absolute Gasteiger partial charge is 0.678 e. The van der Waals surface area contributed by atoms with E-state index in [0.717, 1.165) is 66.3 Å². The molecule has 4 nitrogen and oxygen atoms in total. The molecule has 1 aromatic heterocycles. The average molecular weight is 538 g/mol. The topological polar surface area (TPSA) is 52.9 Å². The van der Waals surface area contributed by atoms with Crippen molar-refractivity contribution in [3.8, 4) is 0 Å². The third kappa shape index (κ3) is 4.50. The van der Waals surface area contributed by atoms with Crippen molar-refractivity contribution in [3.05, 3.63) is 84.4 Å². The molecule has 0 aliphatic carbocycles. The number of fused-ring (bicyclic) bond motifs is 6. The maximum absolute atomic E-state index is 5.25. The number of nitrogens with zero attached hydrogens (tertiary/aromatic N) is 4. The van der Waals surface area contributed by atoms with Crippen molar-refractivity contribution in [1.82, 2.24) is 4.98 Å².